The van der Waals surface area contributed by atoms with Gasteiger partial charge < -0.3 is 46.1 Å². The summed E-state index contributed by atoms with van der Waals surface area (Å²) in [4.78, 5) is 138. The van der Waals surface area contributed by atoms with Crippen LogP contribution in [0.15, 0.2) is 121 Å². The maximum Gasteiger partial charge on any atom is 0.326 e. The average molecular weight is 1420 g/mol. The Balaban J connectivity index is 0.773. The number of ether oxygens (including phenoxy) is 3. The van der Waals surface area contributed by atoms with Gasteiger partial charge >= 0.3 is 11.9 Å². The van der Waals surface area contributed by atoms with Crippen LogP contribution in [-0.2, 0) is 38.3 Å². The molecule has 0 radical (unpaired) electrons. The number of amides is 7. The fourth-order valence-electron chi connectivity index (χ4n) is 12.7. The number of anilines is 6. The number of aromatic nitrogens is 4. The Kier molecular flexibility index (Phi) is 31.0. The number of rotatable bonds is 41. The number of esters is 2. The van der Waals surface area contributed by atoms with Crippen LogP contribution in [0.3, 0.4) is 0 Å². The molecule has 5 atom stereocenters. The molecule has 554 valence electrons. The van der Waals surface area contributed by atoms with Crippen molar-refractivity contribution in [3.8, 4) is 11.5 Å². The molecule has 0 spiro atoms. The van der Waals surface area contributed by atoms with Gasteiger partial charge in [0.05, 0.1) is 18.4 Å². The number of fused-ring (bicyclic) bond motifs is 2. The molecule has 1 saturated carbocycles. The first-order chi connectivity index (χ1) is 50.2. The molecule has 5 unspecified atom stereocenters. The van der Waals surface area contributed by atoms with Gasteiger partial charge in [-0.2, -0.15) is 0 Å². The van der Waals surface area contributed by atoms with Gasteiger partial charge in [0.15, 0.2) is 5.65 Å². The van der Waals surface area contributed by atoms with Crippen LogP contribution in [0, 0.1) is 29.6 Å². The van der Waals surface area contributed by atoms with E-state index >= 15 is 0 Å². The van der Waals surface area contributed by atoms with E-state index < -0.39 is 47.7 Å². The number of unbranched alkanes of at least 4 members (excludes halogenated alkanes) is 10. The SMILES string of the molecule is CCCCC(CC)CNc1ccc2ccc(NC(=O)CCCCCCCCC/C=C/C3CC(/C=C/c4ccc(OCCCCCC(=O)Oc5cc(C(=O)Nc6cccc(NC(=O)CCC)n6)cc(C(=O)Nc6cccc(NC(=O)CCC)n6)c5)cc4)C4C(=O)N(CC(=O)OC(C)(C)C)C(=O)C34)nc2n1. The number of allylic oxidation sites excluding steroid dienone is 3. The smallest absolute Gasteiger partial charge is 0.326 e. The Morgan fingerprint density at radius 2 is 1.07 bits per heavy atom. The summed E-state index contributed by atoms with van der Waals surface area (Å²) in [5.41, 5.74) is 0.633. The van der Waals surface area contributed by atoms with Crippen LogP contribution in [0.4, 0.5) is 34.9 Å². The van der Waals surface area contributed by atoms with Crippen molar-refractivity contribution in [3.63, 3.8) is 0 Å². The lowest BCUT2D eigenvalue weighted by Gasteiger charge is -2.23. The molecule has 6 N–H and O–H groups in total. The first kappa shape index (κ1) is 79.5. The van der Waals surface area contributed by atoms with E-state index in [0.29, 0.717) is 87.5 Å². The molecule has 5 heterocycles. The lowest BCUT2D eigenvalue weighted by atomic mass is 9.88. The van der Waals surface area contributed by atoms with E-state index in [2.05, 4.69) is 72.9 Å². The molecular formula is C81H103N11O12. The summed E-state index contributed by atoms with van der Waals surface area (Å²) in [7, 11) is 0. The third-order valence-corrected chi connectivity index (χ3v) is 18.1. The van der Waals surface area contributed by atoms with E-state index in [1.807, 2.05) is 74.5 Å². The zero-order chi connectivity index (χ0) is 74.4. The molecule has 1 aliphatic carbocycles. The van der Waals surface area contributed by atoms with Crippen molar-refractivity contribution in [2.45, 2.75) is 195 Å². The molecule has 2 aliphatic rings. The van der Waals surface area contributed by atoms with Crippen molar-refractivity contribution in [3.05, 3.63) is 138 Å². The monoisotopic (exact) mass is 1420 g/mol. The van der Waals surface area contributed by atoms with E-state index in [1.165, 1.54) is 49.6 Å². The van der Waals surface area contributed by atoms with Crippen LogP contribution < -0.4 is 41.4 Å². The minimum Gasteiger partial charge on any atom is -0.494 e. The Labute approximate surface area is 610 Å². The molecule has 23 nitrogen and oxygen atoms in total. The van der Waals surface area contributed by atoms with Gasteiger partial charge in [0.25, 0.3) is 11.8 Å². The van der Waals surface area contributed by atoms with Gasteiger partial charge in [0.1, 0.15) is 58.6 Å². The van der Waals surface area contributed by atoms with Gasteiger partial charge in [0.2, 0.25) is 29.5 Å². The van der Waals surface area contributed by atoms with Crippen molar-refractivity contribution in [1.29, 1.82) is 0 Å². The molecule has 8 rings (SSSR count). The van der Waals surface area contributed by atoms with Gasteiger partial charge in [-0.25, -0.2) is 19.9 Å². The minimum atomic E-state index is -0.783. The largest absolute Gasteiger partial charge is 0.494 e. The lowest BCUT2D eigenvalue weighted by Crippen LogP contribution is -2.40. The molecular weight excluding hydrogens is 1320 g/mol. The van der Waals surface area contributed by atoms with E-state index in [1.54, 1.807) is 45.0 Å². The zero-order valence-corrected chi connectivity index (χ0v) is 61.3. The highest BCUT2D eigenvalue weighted by atomic mass is 16.6. The number of pyridine rings is 4. The highest BCUT2D eigenvalue weighted by molar-refractivity contribution is 6.10. The van der Waals surface area contributed by atoms with Crippen molar-refractivity contribution in [2.75, 3.05) is 51.6 Å². The molecule has 6 aromatic rings. The molecule has 23 heteroatoms. The van der Waals surface area contributed by atoms with E-state index in [4.69, 9.17) is 19.2 Å². The molecule has 7 amide bonds. The first-order valence-corrected chi connectivity index (χ1v) is 37.2. The Bertz CT molecular complexity index is 3890. The summed E-state index contributed by atoms with van der Waals surface area (Å²) in [5.74, 6) is -2.25. The number of hydrogen-bond donors (Lipinski definition) is 6. The predicted molar refractivity (Wildman–Crippen MR) is 405 cm³/mol. The Hall–Kier alpha value is -10.2. The van der Waals surface area contributed by atoms with Crippen LogP contribution in [0.5, 0.6) is 11.5 Å². The molecule has 4 aromatic heterocycles. The number of imide groups is 1. The standard InChI is InChI=1S/C81H103N11O12/c1-8-12-29-54(11-4)52-82-63-45-41-56-42-46-68(89-76(56)88-63)87-71(95)35-22-19-17-15-13-14-16-18-21-30-57-48-58(75-74(57)79(100)92(80(75)101)53-73(97)104-81(5,6)7)40-37-55-38-43-61(44-39-55)102-47-24-20-23-36-72(96)103-62-50-59(77(98)90-66-33-25-31-64(83-66)85-69(93)27-9-2)49-60(51-62)78(99)91-67-34-26-32-65(84-67)86-70(94)28-10-3/h21,25-26,30-34,37-46,49-51,54,57-58,74-75H,8-20,22-24,27-29,35-36,47-48,52-53H2,1-7H3,(H2,82,87,88,89,95)(H2,83,85,90,93,98)(H2,84,86,91,94,99)/b30-21+,40-37+. The summed E-state index contributed by atoms with van der Waals surface area (Å²) in [6.45, 7) is 14.2. The number of benzene rings is 2. The topological polar surface area (TPSA) is 308 Å². The maximum atomic E-state index is 14.1. The summed E-state index contributed by atoms with van der Waals surface area (Å²) >= 11 is 0. The number of likely N-dealkylation sites (tertiary alicyclic amines) is 1. The van der Waals surface area contributed by atoms with Crippen LogP contribution in [0.25, 0.3) is 17.1 Å². The quantitative estimate of drug-likeness (QED) is 0.00683. The number of nitrogens with one attached hydrogen (secondary N) is 6. The second kappa shape index (κ2) is 40.6. The van der Waals surface area contributed by atoms with Crippen LogP contribution >= 0.6 is 0 Å². The van der Waals surface area contributed by atoms with E-state index in [-0.39, 0.29) is 87.9 Å². The molecule has 1 aliphatic heterocycles. The highest BCUT2D eigenvalue weighted by Crippen LogP contribution is 2.49. The van der Waals surface area contributed by atoms with E-state index in [9.17, 15) is 43.2 Å². The second-order valence-electron chi connectivity index (χ2n) is 27.8. The summed E-state index contributed by atoms with van der Waals surface area (Å²) < 4.78 is 17.3. The Morgan fingerprint density at radius 3 is 1.65 bits per heavy atom. The van der Waals surface area contributed by atoms with Gasteiger partial charge in [-0.15, -0.1) is 0 Å². The van der Waals surface area contributed by atoms with Crippen LogP contribution in [0.2, 0.25) is 0 Å². The van der Waals surface area contributed by atoms with Crippen molar-refractivity contribution >= 4 is 105 Å². The zero-order valence-electron chi connectivity index (χ0n) is 61.3. The summed E-state index contributed by atoms with van der Waals surface area (Å²) in [6, 6.07) is 28.8. The van der Waals surface area contributed by atoms with Crippen LogP contribution in [-0.4, -0.2) is 103 Å². The fourth-order valence-corrected chi connectivity index (χ4v) is 12.7. The molecule has 0 bridgehead atoms. The third kappa shape index (κ3) is 25.6. The van der Waals surface area contributed by atoms with Crippen molar-refractivity contribution in [1.82, 2.24) is 24.8 Å². The third-order valence-electron chi connectivity index (χ3n) is 18.1. The Morgan fingerprint density at radius 1 is 0.538 bits per heavy atom. The normalized spacial score (nSPS) is 15.9. The molecule has 104 heavy (non-hydrogen) atoms. The maximum absolute atomic E-state index is 14.1. The second-order valence-corrected chi connectivity index (χ2v) is 27.8. The molecule has 1 saturated heterocycles. The summed E-state index contributed by atoms with van der Waals surface area (Å²) in [5, 5.41) is 18.1. The van der Waals surface area contributed by atoms with Gasteiger partial charge in [0, 0.05) is 48.7 Å². The average Bonchev–Trinajstić information content (AvgIpc) is 1.59. The number of hydrogen-bond acceptors (Lipinski definition) is 17. The van der Waals surface area contributed by atoms with Crippen molar-refractivity contribution in [2.24, 2.45) is 29.6 Å². The fraction of sp³-hybridized carbons (Fsp3) is 0.469. The van der Waals surface area contributed by atoms with Gasteiger partial charge in [-0.3, -0.25) is 48.1 Å². The van der Waals surface area contributed by atoms with Crippen molar-refractivity contribution < 1.29 is 57.4 Å². The predicted octanol–water partition coefficient (Wildman–Crippen LogP) is 15.9. The first-order valence-electron chi connectivity index (χ1n) is 37.2. The van der Waals surface area contributed by atoms with Crippen LogP contribution in [0.1, 0.15) is 216 Å². The molecule has 2 fully saturated rings. The van der Waals surface area contributed by atoms with E-state index in [0.717, 1.165) is 86.0 Å². The highest BCUT2D eigenvalue weighted by Gasteiger charge is 2.57. The number of carbonyl (C=O) groups is 9. The molecule has 2 aromatic carbocycles. The van der Waals surface area contributed by atoms with Gasteiger partial charge in [-0.1, -0.05) is 128 Å². The lowest BCUT2D eigenvalue weighted by molar-refractivity contribution is -0.161. The van der Waals surface area contributed by atoms with Gasteiger partial charge in [-0.05, 0) is 187 Å². The summed E-state index contributed by atoms with van der Waals surface area (Å²) in [6.07, 6.45) is 25.3. The number of carbonyl (C=O) groups excluding carboxylic acids is 9. The minimum absolute atomic E-state index is 0.0270. The number of nitrogens with zero attached hydrogens (tertiary/aromatic N) is 5.